The van der Waals surface area contributed by atoms with Crippen LogP contribution in [0.2, 0.25) is 0 Å². The fourth-order valence-electron chi connectivity index (χ4n) is 3.27. The molecule has 1 aromatic heterocycles. The molecule has 1 N–H and O–H groups in total. The first kappa shape index (κ1) is 18.2. The normalized spacial score (nSPS) is 15.1. The van der Waals surface area contributed by atoms with Gasteiger partial charge in [0.1, 0.15) is 24.6 Å². The molecule has 2 amide bonds. The van der Waals surface area contributed by atoms with Gasteiger partial charge in [-0.25, -0.2) is 4.79 Å². The molecule has 0 spiro atoms. The van der Waals surface area contributed by atoms with Gasteiger partial charge < -0.3 is 24.1 Å². The van der Waals surface area contributed by atoms with Gasteiger partial charge in [0, 0.05) is 12.4 Å². The van der Waals surface area contributed by atoms with Gasteiger partial charge in [-0.05, 0) is 43.7 Å². The summed E-state index contributed by atoms with van der Waals surface area (Å²) in [6.45, 7) is 4.99. The first-order valence-corrected chi connectivity index (χ1v) is 9.44. The fourth-order valence-corrected chi connectivity index (χ4v) is 3.27. The van der Waals surface area contributed by atoms with Crippen molar-refractivity contribution in [3.63, 3.8) is 0 Å². The minimum atomic E-state index is -0.195. The number of rotatable bonds is 4. The van der Waals surface area contributed by atoms with E-state index in [9.17, 15) is 4.79 Å². The molecule has 2 atom stereocenters. The van der Waals surface area contributed by atoms with Crippen molar-refractivity contribution in [2.45, 2.75) is 25.9 Å². The molecule has 4 rings (SSSR count). The second-order valence-corrected chi connectivity index (χ2v) is 7.05. The van der Waals surface area contributed by atoms with Crippen molar-refractivity contribution in [2.24, 2.45) is 0 Å². The number of nitrogens with zero attached hydrogens (tertiary/aromatic N) is 1. The minimum Gasteiger partial charge on any atom is -0.486 e. The van der Waals surface area contributed by atoms with E-state index < -0.39 is 0 Å². The lowest BCUT2D eigenvalue weighted by atomic mass is 10.1. The van der Waals surface area contributed by atoms with Crippen LogP contribution in [0.1, 0.15) is 37.3 Å². The predicted molar refractivity (Wildman–Crippen MR) is 107 cm³/mol. The van der Waals surface area contributed by atoms with Gasteiger partial charge in [-0.1, -0.05) is 24.3 Å². The zero-order valence-electron chi connectivity index (χ0n) is 16.3. The number of para-hydroxylation sites is 1. The highest BCUT2D eigenvalue weighted by Gasteiger charge is 2.23. The Morgan fingerprint density at radius 2 is 1.79 bits per heavy atom. The van der Waals surface area contributed by atoms with E-state index >= 15 is 0 Å². The Bertz CT molecular complexity index is 964. The molecular formula is C22H24N2O4. The highest BCUT2D eigenvalue weighted by molar-refractivity contribution is 5.78. The lowest BCUT2D eigenvalue weighted by Gasteiger charge is -2.26. The van der Waals surface area contributed by atoms with Crippen LogP contribution >= 0.6 is 0 Å². The van der Waals surface area contributed by atoms with Crippen molar-refractivity contribution in [1.82, 2.24) is 10.2 Å². The van der Waals surface area contributed by atoms with E-state index in [1.165, 1.54) is 0 Å². The molecule has 0 saturated carbocycles. The molecule has 2 unspecified atom stereocenters. The van der Waals surface area contributed by atoms with Crippen LogP contribution < -0.4 is 14.8 Å². The van der Waals surface area contributed by atoms with Crippen molar-refractivity contribution in [1.29, 1.82) is 0 Å². The van der Waals surface area contributed by atoms with Gasteiger partial charge in [0.05, 0.1) is 12.1 Å². The summed E-state index contributed by atoms with van der Waals surface area (Å²) < 4.78 is 17.1. The van der Waals surface area contributed by atoms with E-state index in [0.717, 1.165) is 28.0 Å². The molecule has 0 fully saturated rings. The molecule has 2 heterocycles. The molecule has 0 saturated heterocycles. The number of furan rings is 1. The first-order chi connectivity index (χ1) is 13.5. The maximum absolute atomic E-state index is 12.8. The maximum Gasteiger partial charge on any atom is 0.318 e. The van der Waals surface area contributed by atoms with Gasteiger partial charge >= 0.3 is 6.03 Å². The smallest absolute Gasteiger partial charge is 0.318 e. The molecular weight excluding hydrogens is 356 g/mol. The third-order valence-corrected chi connectivity index (χ3v) is 5.16. The molecule has 0 bridgehead atoms. The van der Waals surface area contributed by atoms with E-state index in [1.54, 1.807) is 11.9 Å². The van der Waals surface area contributed by atoms with E-state index in [4.69, 9.17) is 13.9 Å². The van der Waals surface area contributed by atoms with Crippen LogP contribution in [0.3, 0.4) is 0 Å². The van der Waals surface area contributed by atoms with Gasteiger partial charge in [-0.3, -0.25) is 0 Å². The van der Waals surface area contributed by atoms with E-state index in [2.05, 4.69) is 5.32 Å². The van der Waals surface area contributed by atoms with Crippen LogP contribution in [-0.4, -0.2) is 31.2 Å². The standard InChI is InChI=1S/C22H24N2O4/c1-14(16-8-9-19-21(12-16)27-11-10-26-19)23-22(25)24(3)15(2)20-13-17-6-4-5-7-18(17)28-20/h4-9,12-15H,10-11H2,1-3H3,(H,23,25). The molecule has 2 aromatic carbocycles. The number of benzene rings is 2. The number of urea groups is 1. The van der Waals surface area contributed by atoms with Crippen LogP contribution in [0.15, 0.2) is 52.9 Å². The summed E-state index contributed by atoms with van der Waals surface area (Å²) in [5, 5.41) is 4.07. The Hall–Kier alpha value is -3.15. The Labute approximate surface area is 164 Å². The zero-order valence-corrected chi connectivity index (χ0v) is 16.3. The maximum atomic E-state index is 12.8. The lowest BCUT2D eigenvalue weighted by Crippen LogP contribution is -2.39. The third-order valence-electron chi connectivity index (χ3n) is 5.16. The van der Waals surface area contributed by atoms with E-state index in [1.807, 2.05) is 62.4 Å². The quantitative estimate of drug-likeness (QED) is 0.715. The lowest BCUT2D eigenvalue weighted by molar-refractivity contribution is 0.171. The summed E-state index contributed by atoms with van der Waals surface area (Å²) in [4.78, 5) is 14.4. The number of nitrogens with one attached hydrogen (secondary N) is 1. The number of fused-ring (bicyclic) bond motifs is 2. The van der Waals surface area contributed by atoms with Crippen molar-refractivity contribution >= 4 is 17.0 Å². The number of hydrogen-bond donors (Lipinski definition) is 1. The Morgan fingerprint density at radius 3 is 2.57 bits per heavy atom. The Balaban J connectivity index is 1.44. The van der Waals surface area contributed by atoms with Crippen molar-refractivity contribution < 1.29 is 18.7 Å². The topological polar surface area (TPSA) is 63.9 Å². The van der Waals surface area contributed by atoms with Gasteiger partial charge in [0.15, 0.2) is 11.5 Å². The molecule has 0 aliphatic carbocycles. The summed E-state index contributed by atoms with van der Waals surface area (Å²) in [5.41, 5.74) is 1.78. The summed E-state index contributed by atoms with van der Waals surface area (Å²) in [7, 11) is 1.77. The Morgan fingerprint density at radius 1 is 1.04 bits per heavy atom. The average molecular weight is 380 g/mol. The highest BCUT2D eigenvalue weighted by Crippen LogP contribution is 2.33. The molecule has 0 radical (unpaired) electrons. The number of carbonyl (C=O) groups excluding carboxylic acids is 1. The number of amides is 2. The van der Waals surface area contributed by atoms with E-state index in [0.29, 0.717) is 19.0 Å². The van der Waals surface area contributed by atoms with Crippen LogP contribution in [0.4, 0.5) is 4.79 Å². The second-order valence-electron chi connectivity index (χ2n) is 7.05. The Kier molecular flexibility index (Phi) is 4.86. The molecule has 28 heavy (non-hydrogen) atoms. The molecule has 3 aromatic rings. The molecule has 1 aliphatic heterocycles. The highest BCUT2D eigenvalue weighted by atomic mass is 16.6. The van der Waals surface area contributed by atoms with Crippen molar-refractivity contribution in [3.8, 4) is 11.5 Å². The molecule has 1 aliphatic rings. The molecule has 146 valence electrons. The summed E-state index contributed by atoms with van der Waals surface area (Å²) in [6.07, 6.45) is 0. The van der Waals surface area contributed by atoms with Gasteiger partial charge in [0.25, 0.3) is 0 Å². The first-order valence-electron chi connectivity index (χ1n) is 9.44. The van der Waals surface area contributed by atoms with Gasteiger partial charge in [0.2, 0.25) is 0 Å². The number of carbonyl (C=O) groups is 1. The summed E-state index contributed by atoms with van der Waals surface area (Å²) >= 11 is 0. The monoisotopic (exact) mass is 380 g/mol. The largest absolute Gasteiger partial charge is 0.486 e. The minimum absolute atomic E-state index is 0.171. The van der Waals surface area contributed by atoms with Crippen LogP contribution in [-0.2, 0) is 0 Å². The third kappa shape index (κ3) is 3.50. The predicted octanol–water partition coefficient (Wildman–Crippen LogP) is 4.67. The SMILES string of the molecule is CC(NC(=O)N(C)C(C)c1cc2ccccc2o1)c1ccc2c(c1)OCCO2. The van der Waals surface area contributed by atoms with Gasteiger partial charge in [-0.15, -0.1) is 0 Å². The number of ether oxygens (including phenoxy) is 2. The van der Waals surface area contributed by atoms with Crippen LogP contribution in [0, 0.1) is 0 Å². The van der Waals surface area contributed by atoms with Crippen LogP contribution in [0.5, 0.6) is 11.5 Å². The van der Waals surface area contributed by atoms with E-state index in [-0.39, 0.29) is 18.1 Å². The molecule has 6 nitrogen and oxygen atoms in total. The number of hydrogen-bond acceptors (Lipinski definition) is 4. The zero-order chi connectivity index (χ0) is 19.7. The van der Waals surface area contributed by atoms with Crippen molar-refractivity contribution in [3.05, 3.63) is 59.9 Å². The fraction of sp³-hybridized carbons (Fsp3) is 0.318. The summed E-state index contributed by atoms with van der Waals surface area (Å²) in [6, 6.07) is 15.0. The second kappa shape index (κ2) is 7.46. The molecule has 6 heteroatoms. The van der Waals surface area contributed by atoms with Crippen LogP contribution in [0.25, 0.3) is 11.0 Å². The van der Waals surface area contributed by atoms with Gasteiger partial charge in [-0.2, -0.15) is 0 Å². The average Bonchev–Trinajstić information content (AvgIpc) is 3.16. The van der Waals surface area contributed by atoms with Crippen molar-refractivity contribution in [2.75, 3.05) is 20.3 Å². The summed E-state index contributed by atoms with van der Waals surface area (Å²) in [5.74, 6) is 2.21.